The quantitative estimate of drug-likeness (QED) is 0.242. The van der Waals surface area contributed by atoms with E-state index >= 15 is 0 Å². The van der Waals surface area contributed by atoms with E-state index in [9.17, 15) is 4.79 Å². The minimum Gasteiger partial charge on any atom is -0.462 e. The Kier molecular flexibility index (Phi) is 10.6. The van der Waals surface area contributed by atoms with Gasteiger partial charge in [-0.15, -0.1) is 0 Å². The maximum atomic E-state index is 12.5. The van der Waals surface area contributed by atoms with Crippen molar-refractivity contribution in [1.29, 1.82) is 5.26 Å². The number of rotatable bonds is 10. The van der Waals surface area contributed by atoms with Crippen LogP contribution in [-0.4, -0.2) is 12.1 Å². The predicted molar refractivity (Wildman–Crippen MR) is 110 cm³/mol. The number of unbranched alkanes of at least 4 members (excludes halogenated alkanes) is 3. The Labute approximate surface area is 166 Å². The molecule has 2 aliphatic rings. The molecule has 0 heterocycles. The van der Waals surface area contributed by atoms with Crippen LogP contribution in [0.5, 0.6) is 0 Å². The Morgan fingerprint density at radius 2 is 1.63 bits per heavy atom. The van der Waals surface area contributed by atoms with Crippen molar-refractivity contribution in [1.82, 2.24) is 0 Å². The van der Waals surface area contributed by atoms with Gasteiger partial charge >= 0.3 is 5.97 Å². The summed E-state index contributed by atoms with van der Waals surface area (Å²) < 4.78 is 5.87. The van der Waals surface area contributed by atoms with Crippen LogP contribution in [0.3, 0.4) is 0 Å². The molecule has 0 amide bonds. The number of ether oxygens (including phenoxy) is 1. The standard InChI is InChI=1S/C24H39NO2/c1-2-3-4-6-9-20-11-15-22(16-12-20)24(26)27-23-17-13-21(14-18-23)10-7-5-8-19-25/h5,8,20-23H,2-4,6-7,9-18H2,1H3/t20-,21-,22-,23-. The third kappa shape index (κ3) is 8.50. The second-order valence-electron chi connectivity index (χ2n) is 8.76. The highest BCUT2D eigenvalue weighted by Crippen LogP contribution is 2.34. The lowest BCUT2D eigenvalue weighted by Crippen LogP contribution is -2.30. The Hall–Kier alpha value is -1.30. The van der Waals surface area contributed by atoms with Gasteiger partial charge in [-0.05, 0) is 76.0 Å². The number of carbonyl (C=O) groups excluding carboxylic acids is 1. The van der Waals surface area contributed by atoms with E-state index in [1.807, 2.05) is 12.1 Å². The molecule has 0 saturated heterocycles. The Morgan fingerprint density at radius 1 is 0.963 bits per heavy atom. The van der Waals surface area contributed by atoms with Crippen LogP contribution in [-0.2, 0) is 9.53 Å². The maximum absolute atomic E-state index is 12.5. The zero-order valence-electron chi connectivity index (χ0n) is 17.3. The highest BCUT2D eigenvalue weighted by molar-refractivity contribution is 5.72. The van der Waals surface area contributed by atoms with Crippen molar-refractivity contribution in [3.63, 3.8) is 0 Å². The summed E-state index contributed by atoms with van der Waals surface area (Å²) in [6.07, 6.45) is 21.5. The number of esters is 1. The van der Waals surface area contributed by atoms with Crippen molar-refractivity contribution in [3.8, 4) is 6.07 Å². The van der Waals surface area contributed by atoms with E-state index in [1.165, 1.54) is 44.9 Å². The molecular formula is C24H39NO2. The van der Waals surface area contributed by atoms with Crippen LogP contribution in [0.25, 0.3) is 0 Å². The van der Waals surface area contributed by atoms with Crippen molar-refractivity contribution < 1.29 is 9.53 Å². The Morgan fingerprint density at radius 3 is 2.30 bits per heavy atom. The molecule has 152 valence electrons. The zero-order valence-corrected chi connectivity index (χ0v) is 17.3. The summed E-state index contributed by atoms with van der Waals surface area (Å²) in [5, 5.41) is 8.52. The molecule has 0 unspecified atom stereocenters. The van der Waals surface area contributed by atoms with Crippen LogP contribution in [0.1, 0.15) is 103 Å². The van der Waals surface area contributed by atoms with E-state index < -0.39 is 0 Å². The Balaban J connectivity index is 1.57. The number of hydrogen-bond acceptors (Lipinski definition) is 3. The number of carbonyl (C=O) groups is 1. The molecule has 0 aromatic heterocycles. The molecular weight excluding hydrogens is 334 g/mol. The van der Waals surface area contributed by atoms with Crippen molar-refractivity contribution in [2.45, 2.75) is 109 Å². The normalized spacial score (nSPS) is 28.7. The molecule has 2 saturated carbocycles. The number of nitrogens with zero attached hydrogens (tertiary/aromatic N) is 1. The highest BCUT2D eigenvalue weighted by atomic mass is 16.5. The molecule has 2 aliphatic carbocycles. The van der Waals surface area contributed by atoms with Gasteiger partial charge < -0.3 is 4.74 Å². The molecule has 2 fully saturated rings. The predicted octanol–water partition coefficient (Wildman–Crippen LogP) is 6.73. The van der Waals surface area contributed by atoms with Gasteiger partial charge in [0, 0.05) is 6.08 Å². The first-order valence-electron chi connectivity index (χ1n) is 11.5. The number of allylic oxidation sites excluding steroid dienone is 2. The first kappa shape index (κ1) is 22.0. The average molecular weight is 374 g/mol. The lowest BCUT2D eigenvalue weighted by molar-refractivity contribution is -0.157. The van der Waals surface area contributed by atoms with Crippen LogP contribution in [0.2, 0.25) is 0 Å². The van der Waals surface area contributed by atoms with Gasteiger partial charge in [-0.25, -0.2) is 0 Å². The van der Waals surface area contributed by atoms with Crippen LogP contribution < -0.4 is 0 Å². The van der Waals surface area contributed by atoms with Crippen molar-refractivity contribution in [3.05, 3.63) is 12.2 Å². The van der Waals surface area contributed by atoms with E-state index in [0.29, 0.717) is 0 Å². The molecule has 3 nitrogen and oxygen atoms in total. The van der Waals surface area contributed by atoms with E-state index in [1.54, 1.807) is 6.08 Å². The molecule has 0 aliphatic heterocycles. The minimum absolute atomic E-state index is 0.0832. The first-order valence-corrected chi connectivity index (χ1v) is 11.5. The van der Waals surface area contributed by atoms with Crippen LogP contribution in [0.4, 0.5) is 0 Å². The molecule has 0 aromatic rings. The third-order valence-corrected chi connectivity index (χ3v) is 6.66. The van der Waals surface area contributed by atoms with Crippen LogP contribution in [0.15, 0.2) is 12.2 Å². The molecule has 0 spiro atoms. The van der Waals surface area contributed by atoms with Gasteiger partial charge in [0.15, 0.2) is 0 Å². The second-order valence-corrected chi connectivity index (χ2v) is 8.76. The molecule has 0 atom stereocenters. The van der Waals surface area contributed by atoms with E-state index in [2.05, 4.69) is 6.92 Å². The smallest absolute Gasteiger partial charge is 0.309 e. The fraction of sp³-hybridized carbons (Fsp3) is 0.833. The summed E-state index contributed by atoms with van der Waals surface area (Å²) in [5.41, 5.74) is 0. The summed E-state index contributed by atoms with van der Waals surface area (Å²) in [6.45, 7) is 2.26. The lowest BCUT2D eigenvalue weighted by atomic mass is 9.79. The van der Waals surface area contributed by atoms with Crippen molar-refractivity contribution in [2.75, 3.05) is 0 Å². The Bertz CT molecular complexity index is 477. The van der Waals surface area contributed by atoms with Gasteiger partial charge in [-0.1, -0.05) is 45.1 Å². The summed E-state index contributed by atoms with van der Waals surface area (Å²) in [7, 11) is 0. The van der Waals surface area contributed by atoms with Gasteiger partial charge in [0.25, 0.3) is 0 Å². The lowest BCUT2D eigenvalue weighted by Gasteiger charge is -2.31. The van der Waals surface area contributed by atoms with Gasteiger partial charge in [-0.2, -0.15) is 5.26 Å². The van der Waals surface area contributed by atoms with Crippen LogP contribution >= 0.6 is 0 Å². The number of nitriles is 1. The van der Waals surface area contributed by atoms with Gasteiger partial charge in [0.1, 0.15) is 6.10 Å². The SMILES string of the molecule is CCCCCC[C@H]1CC[C@H](C(=O)O[C@H]2CC[C@H](CCC=CC#N)CC2)CC1. The molecule has 0 N–H and O–H groups in total. The fourth-order valence-electron chi connectivity index (χ4n) is 4.81. The summed E-state index contributed by atoms with van der Waals surface area (Å²) >= 11 is 0. The fourth-order valence-corrected chi connectivity index (χ4v) is 4.81. The third-order valence-electron chi connectivity index (χ3n) is 6.66. The molecule has 0 aromatic carbocycles. The molecule has 0 radical (unpaired) electrons. The van der Waals surface area contributed by atoms with E-state index in [-0.39, 0.29) is 18.0 Å². The van der Waals surface area contributed by atoms with Gasteiger partial charge in [0.2, 0.25) is 0 Å². The molecule has 0 bridgehead atoms. The summed E-state index contributed by atoms with van der Waals surface area (Å²) in [4.78, 5) is 12.5. The monoisotopic (exact) mass is 373 g/mol. The van der Waals surface area contributed by atoms with E-state index in [0.717, 1.165) is 63.2 Å². The molecule has 27 heavy (non-hydrogen) atoms. The second kappa shape index (κ2) is 13.0. The minimum atomic E-state index is 0.0832. The van der Waals surface area contributed by atoms with Gasteiger partial charge in [0.05, 0.1) is 12.0 Å². The van der Waals surface area contributed by atoms with Gasteiger partial charge in [-0.3, -0.25) is 4.79 Å². The topological polar surface area (TPSA) is 50.1 Å². The summed E-state index contributed by atoms with van der Waals surface area (Å²) in [6, 6.07) is 2.04. The van der Waals surface area contributed by atoms with E-state index in [4.69, 9.17) is 10.00 Å². The molecule has 2 rings (SSSR count). The summed E-state index contributed by atoms with van der Waals surface area (Å²) in [5.74, 6) is 1.81. The molecule has 3 heteroatoms. The maximum Gasteiger partial charge on any atom is 0.309 e. The highest BCUT2D eigenvalue weighted by Gasteiger charge is 2.30. The van der Waals surface area contributed by atoms with Crippen molar-refractivity contribution >= 4 is 5.97 Å². The number of hydrogen-bond donors (Lipinski definition) is 0. The van der Waals surface area contributed by atoms with Crippen molar-refractivity contribution in [2.24, 2.45) is 17.8 Å². The van der Waals surface area contributed by atoms with Crippen LogP contribution in [0, 0.1) is 29.1 Å². The average Bonchev–Trinajstić information content (AvgIpc) is 2.70. The largest absolute Gasteiger partial charge is 0.462 e. The first-order chi connectivity index (χ1) is 13.2. The zero-order chi connectivity index (χ0) is 19.3.